The predicted molar refractivity (Wildman–Crippen MR) is 201 cm³/mol. The molecule has 2 heteroatoms. The molecule has 1 aromatic heterocycles. The summed E-state index contributed by atoms with van der Waals surface area (Å²) in [5.41, 5.74) is 13.5. The van der Waals surface area contributed by atoms with Crippen LogP contribution in [0, 0.1) is 0 Å². The Labute approximate surface area is 283 Å². The van der Waals surface area contributed by atoms with Crippen LogP contribution in [0.25, 0.3) is 33.1 Å². The molecule has 0 atom stereocenters. The number of fused-ring (bicyclic) bond motifs is 6. The van der Waals surface area contributed by atoms with Crippen LogP contribution in [0.4, 0.5) is 17.1 Å². The van der Waals surface area contributed by atoms with Crippen LogP contribution in [-0.2, 0) is 10.8 Å². The molecule has 2 nitrogen and oxygen atoms in total. The van der Waals surface area contributed by atoms with Gasteiger partial charge in [0.2, 0.25) is 0 Å². The van der Waals surface area contributed by atoms with Crippen molar-refractivity contribution in [3.8, 4) is 11.1 Å². The Kier molecular flexibility index (Phi) is 6.83. The predicted octanol–water partition coefficient (Wildman–Crippen LogP) is 13.0. The molecule has 0 unspecified atom stereocenters. The van der Waals surface area contributed by atoms with Crippen LogP contribution in [-0.4, -0.2) is 0 Å². The Hall–Kier alpha value is -5.08. The first-order valence-electron chi connectivity index (χ1n) is 17.6. The largest absolute Gasteiger partial charge is 0.456 e. The number of furan rings is 1. The third-order valence-electron chi connectivity index (χ3n) is 11.4. The summed E-state index contributed by atoms with van der Waals surface area (Å²) in [6.45, 7) is 4.69. The van der Waals surface area contributed by atoms with Gasteiger partial charge in [-0.15, -0.1) is 0 Å². The number of anilines is 3. The molecule has 0 bridgehead atoms. The third-order valence-corrected chi connectivity index (χ3v) is 11.4. The van der Waals surface area contributed by atoms with Gasteiger partial charge in [-0.25, -0.2) is 0 Å². The zero-order valence-electron chi connectivity index (χ0n) is 27.9. The number of benzene rings is 6. The van der Waals surface area contributed by atoms with Crippen molar-refractivity contribution in [2.45, 2.75) is 63.2 Å². The second-order valence-corrected chi connectivity index (χ2v) is 14.4. The van der Waals surface area contributed by atoms with E-state index in [2.05, 4.69) is 152 Å². The average Bonchev–Trinajstić information content (AvgIpc) is 3.46. The summed E-state index contributed by atoms with van der Waals surface area (Å²) < 4.78 is 6.41. The molecule has 0 spiro atoms. The van der Waals surface area contributed by atoms with Gasteiger partial charge in [0.05, 0.1) is 0 Å². The smallest absolute Gasteiger partial charge is 0.137 e. The summed E-state index contributed by atoms with van der Waals surface area (Å²) in [5, 5.41) is 2.30. The molecule has 0 aliphatic heterocycles. The first-order valence-corrected chi connectivity index (χ1v) is 17.6. The van der Waals surface area contributed by atoms with E-state index in [1.54, 1.807) is 0 Å². The van der Waals surface area contributed by atoms with Crippen molar-refractivity contribution in [3.63, 3.8) is 0 Å². The Morgan fingerprint density at radius 3 is 1.90 bits per heavy atom. The molecule has 0 amide bonds. The highest BCUT2D eigenvalue weighted by Crippen LogP contribution is 2.51. The molecule has 7 aromatic rings. The van der Waals surface area contributed by atoms with E-state index in [0.29, 0.717) is 0 Å². The van der Waals surface area contributed by atoms with Crippen molar-refractivity contribution in [1.29, 1.82) is 0 Å². The molecular formula is C46H41NO. The zero-order valence-corrected chi connectivity index (χ0v) is 27.9. The quantitative estimate of drug-likeness (QED) is 0.177. The Balaban J connectivity index is 1.20. The monoisotopic (exact) mass is 623 g/mol. The van der Waals surface area contributed by atoms with Gasteiger partial charge in [-0.05, 0) is 88.7 Å². The molecule has 6 aromatic carbocycles. The second-order valence-electron chi connectivity index (χ2n) is 14.4. The lowest BCUT2D eigenvalue weighted by molar-refractivity contribution is 0.446. The normalized spacial score (nSPS) is 16.4. The van der Waals surface area contributed by atoms with Gasteiger partial charge in [-0.3, -0.25) is 0 Å². The van der Waals surface area contributed by atoms with Crippen molar-refractivity contribution < 1.29 is 4.42 Å². The maximum Gasteiger partial charge on any atom is 0.137 e. The number of hydrogen-bond acceptors (Lipinski definition) is 2. The van der Waals surface area contributed by atoms with Gasteiger partial charge in [0.15, 0.2) is 0 Å². The van der Waals surface area contributed by atoms with E-state index in [9.17, 15) is 0 Å². The van der Waals surface area contributed by atoms with E-state index in [4.69, 9.17) is 4.42 Å². The summed E-state index contributed by atoms with van der Waals surface area (Å²) >= 11 is 0. The molecule has 1 heterocycles. The van der Waals surface area contributed by atoms with E-state index < -0.39 is 0 Å². The summed E-state index contributed by atoms with van der Waals surface area (Å²) in [7, 11) is 0. The highest BCUT2D eigenvalue weighted by Gasteiger charge is 2.36. The van der Waals surface area contributed by atoms with Crippen molar-refractivity contribution in [1.82, 2.24) is 0 Å². The molecule has 48 heavy (non-hydrogen) atoms. The van der Waals surface area contributed by atoms with Gasteiger partial charge < -0.3 is 9.32 Å². The average molecular weight is 624 g/mol. The fourth-order valence-electron chi connectivity index (χ4n) is 8.91. The lowest BCUT2D eigenvalue weighted by Crippen LogP contribution is -2.27. The zero-order chi connectivity index (χ0) is 32.3. The molecule has 1 saturated carbocycles. The van der Waals surface area contributed by atoms with E-state index in [0.717, 1.165) is 39.0 Å². The van der Waals surface area contributed by atoms with Crippen LogP contribution in [0.3, 0.4) is 0 Å². The van der Waals surface area contributed by atoms with Gasteiger partial charge in [-0.2, -0.15) is 0 Å². The topological polar surface area (TPSA) is 16.4 Å². The summed E-state index contributed by atoms with van der Waals surface area (Å²) in [4.78, 5) is 2.41. The number of para-hydroxylation sites is 1. The number of rotatable bonds is 5. The first kappa shape index (κ1) is 29.1. The molecule has 9 rings (SSSR count). The summed E-state index contributed by atoms with van der Waals surface area (Å²) in [6.07, 6.45) is 7.58. The Morgan fingerprint density at radius 2 is 1.08 bits per heavy atom. The highest BCUT2D eigenvalue weighted by atomic mass is 16.3. The molecular weight excluding hydrogens is 583 g/mol. The van der Waals surface area contributed by atoms with Crippen molar-refractivity contribution in [2.24, 2.45) is 0 Å². The van der Waals surface area contributed by atoms with Gasteiger partial charge in [0.25, 0.3) is 0 Å². The lowest BCUT2D eigenvalue weighted by atomic mass is 9.69. The second kappa shape index (κ2) is 11.3. The maximum absolute atomic E-state index is 6.41. The van der Waals surface area contributed by atoms with Crippen LogP contribution < -0.4 is 4.90 Å². The Bertz CT molecular complexity index is 2270. The molecule has 236 valence electrons. The minimum atomic E-state index is -0.0331. The van der Waals surface area contributed by atoms with Crippen molar-refractivity contribution in [2.75, 3.05) is 4.90 Å². The molecule has 1 fully saturated rings. The molecule has 0 radical (unpaired) electrons. The summed E-state index contributed by atoms with van der Waals surface area (Å²) in [6, 6.07) is 51.7. The van der Waals surface area contributed by atoms with E-state index >= 15 is 0 Å². The van der Waals surface area contributed by atoms with Crippen LogP contribution >= 0.6 is 0 Å². The van der Waals surface area contributed by atoms with E-state index in [1.165, 1.54) is 71.9 Å². The fourth-order valence-corrected chi connectivity index (χ4v) is 8.91. The minimum absolute atomic E-state index is 0.0331. The molecule has 2 aliphatic carbocycles. The third kappa shape index (κ3) is 4.53. The molecule has 0 saturated heterocycles. The number of hydrogen-bond donors (Lipinski definition) is 0. The van der Waals surface area contributed by atoms with Crippen LogP contribution in [0.2, 0.25) is 0 Å². The van der Waals surface area contributed by atoms with Crippen LogP contribution in [0.5, 0.6) is 0 Å². The van der Waals surface area contributed by atoms with Crippen LogP contribution in [0.1, 0.15) is 74.6 Å². The van der Waals surface area contributed by atoms with Crippen LogP contribution in [0.15, 0.2) is 144 Å². The van der Waals surface area contributed by atoms with Gasteiger partial charge >= 0.3 is 0 Å². The number of nitrogens with zero attached hydrogens (tertiary/aromatic N) is 1. The minimum Gasteiger partial charge on any atom is -0.456 e. The maximum atomic E-state index is 6.41. The van der Waals surface area contributed by atoms with Gasteiger partial charge in [-0.1, -0.05) is 131 Å². The Morgan fingerprint density at radius 1 is 0.479 bits per heavy atom. The molecule has 2 aliphatic rings. The van der Waals surface area contributed by atoms with Crippen molar-refractivity contribution in [3.05, 3.63) is 162 Å². The summed E-state index contributed by atoms with van der Waals surface area (Å²) in [5.74, 6) is 0. The standard InChI is InChI=1S/C46H41NO/c1-45(2)41-18-10-8-16-37(41)40-30-35(25-27-42(40)45)47(36-24-26-39-38-17-9-11-19-43(38)48-44(39)31-36)34-22-20-33(21-23-34)46(28-12-3-4-13-29-46)32-14-6-5-7-15-32/h5-11,14-27,30-31H,3-4,12-13,28-29H2,1-2H3. The van der Waals surface area contributed by atoms with Gasteiger partial charge in [0.1, 0.15) is 11.2 Å². The van der Waals surface area contributed by atoms with E-state index in [-0.39, 0.29) is 10.8 Å². The van der Waals surface area contributed by atoms with Gasteiger partial charge in [0, 0.05) is 44.7 Å². The SMILES string of the molecule is CC1(C)c2ccccc2-c2cc(N(c3ccc(C4(c5ccccc5)CCCCCC4)cc3)c3ccc4c(c3)oc3ccccc34)ccc21. The highest BCUT2D eigenvalue weighted by molar-refractivity contribution is 6.06. The molecule has 0 N–H and O–H groups in total. The van der Waals surface area contributed by atoms with E-state index in [1.807, 2.05) is 6.07 Å². The first-order chi connectivity index (χ1) is 23.5. The fraction of sp³-hybridized carbons (Fsp3) is 0.217. The van der Waals surface area contributed by atoms with Crippen molar-refractivity contribution >= 4 is 39.0 Å². The lowest BCUT2D eigenvalue weighted by Gasteiger charge is -2.35.